The van der Waals surface area contributed by atoms with Gasteiger partial charge in [-0.1, -0.05) is 53.9 Å². The second kappa shape index (κ2) is 9.23. The Morgan fingerprint density at radius 3 is 2.41 bits per heavy atom. The summed E-state index contributed by atoms with van der Waals surface area (Å²) in [6.07, 6.45) is 14.0. The van der Waals surface area contributed by atoms with E-state index in [-0.39, 0.29) is 23.5 Å². The third-order valence-corrected chi connectivity index (χ3v) is 11.3. The van der Waals surface area contributed by atoms with Gasteiger partial charge in [-0.05, 0) is 104 Å². The average Bonchev–Trinajstić information content (AvgIpc) is 3.05. The van der Waals surface area contributed by atoms with Gasteiger partial charge in [0.05, 0.1) is 12.1 Å². The summed E-state index contributed by atoms with van der Waals surface area (Å²) in [5.41, 5.74) is 0.810. The third-order valence-electron chi connectivity index (χ3n) is 11.3. The maximum atomic E-state index is 11.8. The largest absolute Gasteiger partial charge is 0.391 e. The molecule has 4 fully saturated rings. The van der Waals surface area contributed by atoms with Gasteiger partial charge < -0.3 is 10.4 Å². The summed E-state index contributed by atoms with van der Waals surface area (Å²) in [4.78, 5) is 11.8. The Morgan fingerprint density at radius 1 is 1.00 bits per heavy atom. The Morgan fingerprint density at radius 2 is 1.72 bits per heavy atom. The molecule has 3 nitrogen and oxygen atoms in total. The van der Waals surface area contributed by atoms with Crippen LogP contribution in [-0.2, 0) is 4.79 Å². The molecular weight excluding hydrogens is 394 g/mol. The molecular formula is C29H51NO2. The van der Waals surface area contributed by atoms with Gasteiger partial charge in [-0.25, -0.2) is 0 Å². The maximum absolute atomic E-state index is 11.8. The number of fused-ring (bicyclic) bond motifs is 5. The summed E-state index contributed by atoms with van der Waals surface area (Å²) in [5, 5.41) is 13.8. The van der Waals surface area contributed by atoms with E-state index < -0.39 is 0 Å². The average molecular weight is 446 g/mol. The van der Waals surface area contributed by atoms with E-state index in [0.717, 1.165) is 48.3 Å². The second-order valence-corrected chi connectivity index (χ2v) is 13.5. The number of aliphatic hydroxyl groups is 1. The molecule has 4 rings (SSSR count). The standard InChI is InChI=1S/C29H51NO2/c1-18(2)8-7-9-19(3)23-12-13-24-22-11-10-21-16-27(32)26(30-20(4)31)17-29(21,6)25(22)14-15-28(23,24)5/h18-19,21-27,32H,7-17H2,1-6H3,(H,30,31)/t19-,21?,22+,23-,24+,25+,26+,27+,28-,29+/m1/s1. The van der Waals surface area contributed by atoms with Crippen LogP contribution >= 0.6 is 0 Å². The van der Waals surface area contributed by atoms with E-state index in [0.29, 0.717) is 11.3 Å². The molecule has 3 heteroatoms. The lowest BCUT2D eigenvalue weighted by molar-refractivity contribution is -0.141. The summed E-state index contributed by atoms with van der Waals surface area (Å²) in [5.74, 6) is 5.75. The summed E-state index contributed by atoms with van der Waals surface area (Å²) in [6.45, 7) is 14.1. The minimum absolute atomic E-state index is 0.00441. The van der Waals surface area contributed by atoms with Crippen molar-refractivity contribution in [1.29, 1.82) is 0 Å². The Balaban J connectivity index is 1.48. The van der Waals surface area contributed by atoms with Crippen molar-refractivity contribution in [2.45, 2.75) is 124 Å². The molecule has 0 bridgehead atoms. The van der Waals surface area contributed by atoms with E-state index in [4.69, 9.17) is 0 Å². The van der Waals surface area contributed by atoms with E-state index >= 15 is 0 Å². The predicted molar refractivity (Wildman–Crippen MR) is 132 cm³/mol. The molecule has 1 unspecified atom stereocenters. The second-order valence-electron chi connectivity index (χ2n) is 13.5. The van der Waals surface area contributed by atoms with Gasteiger partial charge in [0.25, 0.3) is 0 Å². The topological polar surface area (TPSA) is 49.3 Å². The van der Waals surface area contributed by atoms with Crippen LogP contribution < -0.4 is 5.32 Å². The van der Waals surface area contributed by atoms with Crippen LogP contribution in [0.3, 0.4) is 0 Å². The third kappa shape index (κ3) is 4.29. The lowest BCUT2D eigenvalue weighted by Crippen LogP contribution is -2.59. The number of hydrogen-bond acceptors (Lipinski definition) is 2. The molecule has 0 aromatic rings. The van der Waals surface area contributed by atoms with Crippen LogP contribution in [0, 0.1) is 52.3 Å². The number of rotatable bonds is 6. The molecule has 4 saturated carbocycles. The molecule has 4 aliphatic carbocycles. The monoisotopic (exact) mass is 445 g/mol. The van der Waals surface area contributed by atoms with Crippen molar-refractivity contribution in [3.63, 3.8) is 0 Å². The fourth-order valence-corrected chi connectivity index (χ4v) is 9.74. The van der Waals surface area contributed by atoms with Crippen molar-refractivity contribution >= 4 is 5.91 Å². The summed E-state index contributed by atoms with van der Waals surface area (Å²) >= 11 is 0. The van der Waals surface area contributed by atoms with Crippen LogP contribution in [0.5, 0.6) is 0 Å². The predicted octanol–water partition coefficient (Wildman–Crippen LogP) is 6.58. The van der Waals surface area contributed by atoms with Crippen molar-refractivity contribution in [1.82, 2.24) is 5.32 Å². The van der Waals surface area contributed by atoms with Crippen molar-refractivity contribution in [3.8, 4) is 0 Å². The highest BCUT2D eigenvalue weighted by Crippen LogP contribution is 2.68. The molecule has 10 atom stereocenters. The molecule has 0 heterocycles. The van der Waals surface area contributed by atoms with E-state index in [1.165, 1.54) is 57.8 Å². The van der Waals surface area contributed by atoms with Gasteiger partial charge in [0, 0.05) is 6.92 Å². The minimum Gasteiger partial charge on any atom is -0.391 e. The number of aliphatic hydroxyl groups excluding tert-OH is 1. The quantitative estimate of drug-likeness (QED) is 0.485. The summed E-state index contributed by atoms with van der Waals surface area (Å²) < 4.78 is 0. The first-order valence-electron chi connectivity index (χ1n) is 14.0. The van der Waals surface area contributed by atoms with Crippen molar-refractivity contribution < 1.29 is 9.90 Å². The Kier molecular flexibility index (Phi) is 7.08. The molecule has 0 aliphatic heterocycles. The normalized spacial score (nSPS) is 46.8. The van der Waals surface area contributed by atoms with Crippen molar-refractivity contribution in [2.75, 3.05) is 0 Å². The summed E-state index contributed by atoms with van der Waals surface area (Å²) in [7, 11) is 0. The number of carbonyl (C=O) groups is 1. The Hall–Kier alpha value is -0.570. The zero-order valence-corrected chi connectivity index (χ0v) is 21.8. The molecule has 0 aromatic carbocycles. The number of carbonyl (C=O) groups excluding carboxylic acids is 1. The van der Waals surface area contributed by atoms with E-state index in [1.807, 2.05) is 0 Å². The van der Waals surface area contributed by atoms with Crippen LogP contribution in [-0.4, -0.2) is 23.2 Å². The lowest BCUT2D eigenvalue weighted by atomic mass is 9.44. The number of nitrogens with one attached hydrogen (secondary N) is 1. The van der Waals surface area contributed by atoms with Gasteiger partial charge in [-0.2, -0.15) is 0 Å². The molecule has 0 aromatic heterocycles. The highest BCUT2D eigenvalue weighted by Gasteiger charge is 2.61. The van der Waals surface area contributed by atoms with Gasteiger partial charge in [0.1, 0.15) is 0 Å². The number of hydrogen-bond donors (Lipinski definition) is 2. The van der Waals surface area contributed by atoms with Gasteiger partial charge in [-0.3, -0.25) is 4.79 Å². The fourth-order valence-electron chi connectivity index (χ4n) is 9.74. The molecule has 0 saturated heterocycles. The van der Waals surface area contributed by atoms with Gasteiger partial charge in [0.15, 0.2) is 0 Å². The van der Waals surface area contributed by atoms with Crippen LogP contribution in [0.15, 0.2) is 0 Å². The maximum Gasteiger partial charge on any atom is 0.217 e. The first-order chi connectivity index (χ1) is 15.1. The smallest absolute Gasteiger partial charge is 0.217 e. The van der Waals surface area contributed by atoms with E-state index in [2.05, 4.69) is 39.9 Å². The van der Waals surface area contributed by atoms with Crippen LogP contribution in [0.1, 0.15) is 112 Å². The minimum atomic E-state index is -0.370. The van der Waals surface area contributed by atoms with E-state index in [1.54, 1.807) is 6.92 Å². The highest BCUT2D eigenvalue weighted by atomic mass is 16.3. The molecule has 2 N–H and O–H groups in total. The first-order valence-corrected chi connectivity index (χ1v) is 14.0. The molecule has 32 heavy (non-hydrogen) atoms. The SMILES string of the molecule is CC(=O)N[C@H]1C[C@@]2(C)C(CC[C@H]3[C@@H]4CC[C@H]([C@H](C)CCCC(C)C)[C@@]4(C)CC[C@@H]32)C[C@@H]1O. The molecule has 1 amide bonds. The van der Waals surface area contributed by atoms with Gasteiger partial charge >= 0.3 is 0 Å². The Labute approximate surface area is 197 Å². The zero-order chi connectivity index (χ0) is 23.3. The van der Waals surface area contributed by atoms with Crippen molar-refractivity contribution in [3.05, 3.63) is 0 Å². The first kappa shape index (κ1) is 24.6. The molecule has 0 radical (unpaired) electrons. The zero-order valence-electron chi connectivity index (χ0n) is 21.8. The van der Waals surface area contributed by atoms with Crippen LogP contribution in [0.4, 0.5) is 0 Å². The van der Waals surface area contributed by atoms with Gasteiger partial charge in [0.2, 0.25) is 5.91 Å². The van der Waals surface area contributed by atoms with E-state index in [9.17, 15) is 9.90 Å². The summed E-state index contributed by atoms with van der Waals surface area (Å²) in [6, 6.07) is -0.0573. The van der Waals surface area contributed by atoms with Crippen LogP contribution in [0.2, 0.25) is 0 Å². The lowest BCUT2D eigenvalue weighted by Gasteiger charge is -2.62. The molecule has 4 aliphatic rings. The van der Waals surface area contributed by atoms with Crippen LogP contribution in [0.25, 0.3) is 0 Å². The molecule has 0 spiro atoms. The molecule has 184 valence electrons. The van der Waals surface area contributed by atoms with Crippen molar-refractivity contribution in [2.24, 2.45) is 52.3 Å². The number of amides is 1. The fraction of sp³-hybridized carbons (Fsp3) is 0.966. The van der Waals surface area contributed by atoms with Gasteiger partial charge in [-0.15, -0.1) is 0 Å². The Bertz CT molecular complexity index is 676. The highest BCUT2D eigenvalue weighted by molar-refractivity contribution is 5.73.